The van der Waals surface area contributed by atoms with Gasteiger partial charge in [0.15, 0.2) is 0 Å². The van der Waals surface area contributed by atoms with E-state index in [0.717, 1.165) is 25.9 Å². The molecule has 0 amide bonds. The van der Waals surface area contributed by atoms with E-state index in [1.165, 1.54) is 5.56 Å². The van der Waals surface area contributed by atoms with Gasteiger partial charge in [-0.1, -0.05) is 30.3 Å². The van der Waals surface area contributed by atoms with E-state index in [1.807, 2.05) is 18.2 Å². The molecular formula is C16H21F3N2. The van der Waals surface area contributed by atoms with E-state index in [2.05, 4.69) is 22.3 Å². The number of alkyl halides is 3. The minimum atomic E-state index is -4.12. The summed E-state index contributed by atoms with van der Waals surface area (Å²) in [5.74, 6) is 0. The van der Waals surface area contributed by atoms with Crippen molar-refractivity contribution in [2.24, 2.45) is 0 Å². The molecule has 0 radical (unpaired) electrons. The highest BCUT2D eigenvalue weighted by molar-refractivity contribution is 5.15. The van der Waals surface area contributed by atoms with Crippen molar-refractivity contribution in [3.8, 4) is 0 Å². The molecule has 116 valence electrons. The third kappa shape index (κ3) is 3.40. The lowest BCUT2D eigenvalue weighted by molar-refractivity contribution is -0.168. The summed E-state index contributed by atoms with van der Waals surface area (Å²) in [7, 11) is 0. The van der Waals surface area contributed by atoms with Gasteiger partial charge in [-0.2, -0.15) is 13.2 Å². The number of rotatable bonds is 4. The van der Waals surface area contributed by atoms with Gasteiger partial charge in [0.05, 0.1) is 0 Å². The molecule has 1 aliphatic heterocycles. The van der Waals surface area contributed by atoms with Gasteiger partial charge >= 0.3 is 6.18 Å². The maximum atomic E-state index is 13.0. The first kappa shape index (κ1) is 14.9. The molecule has 2 nitrogen and oxygen atoms in total. The van der Waals surface area contributed by atoms with Crippen molar-refractivity contribution < 1.29 is 13.2 Å². The smallest absolute Gasteiger partial charge is 0.300 e. The molecule has 5 heteroatoms. The molecule has 21 heavy (non-hydrogen) atoms. The maximum absolute atomic E-state index is 13.0. The summed E-state index contributed by atoms with van der Waals surface area (Å²) in [6.07, 6.45) is -1.87. The molecule has 1 atom stereocenters. The predicted octanol–water partition coefficient (Wildman–Crippen LogP) is 3.34. The molecule has 1 saturated heterocycles. The lowest BCUT2D eigenvalue weighted by Crippen LogP contribution is -2.54. The summed E-state index contributed by atoms with van der Waals surface area (Å²) < 4.78 is 39.1. The Labute approximate surface area is 123 Å². The fraction of sp³-hybridized carbons (Fsp3) is 0.625. The van der Waals surface area contributed by atoms with Gasteiger partial charge in [0.25, 0.3) is 0 Å². The lowest BCUT2D eigenvalue weighted by atomic mass is 10.0. The average molecular weight is 298 g/mol. The van der Waals surface area contributed by atoms with Gasteiger partial charge in [0.2, 0.25) is 0 Å². The number of likely N-dealkylation sites (tertiary alicyclic amines) is 1. The number of piperidine rings is 1. The first-order valence-electron chi connectivity index (χ1n) is 7.59. The topological polar surface area (TPSA) is 15.3 Å². The van der Waals surface area contributed by atoms with Crippen molar-refractivity contribution >= 4 is 0 Å². The second-order valence-electron chi connectivity index (χ2n) is 6.28. The number of nitrogens with zero attached hydrogens (tertiary/aromatic N) is 1. The van der Waals surface area contributed by atoms with E-state index in [1.54, 1.807) is 0 Å². The minimum Gasteiger partial charge on any atom is -0.300 e. The Kier molecular flexibility index (Phi) is 3.97. The summed E-state index contributed by atoms with van der Waals surface area (Å²) in [6.45, 7) is 2.48. The Hall–Kier alpha value is -1.07. The molecule has 2 aliphatic rings. The highest BCUT2D eigenvalue weighted by Gasteiger charge is 2.63. The zero-order chi connectivity index (χ0) is 14.9. The minimum absolute atomic E-state index is 0.0495. The summed E-state index contributed by atoms with van der Waals surface area (Å²) in [5, 5.41) is 2.90. The van der Waals surface area contributed by atoms with Crippen LogP contribution < -0.4 is 5.32 Å². The lowest BCUT2D eigenvalue weighted by Gasteiger charge is -2.36. The van der Waals surface area contributed by atoms with Crippen molar-refractivity contribution in [2.45, 2.75) is 50.0 Å². The van der Waals surface area contributed by atoms with Gasteiger partial charge < -0.3 is 0 Å². The summed E-state index contributed by atoms with van der Waals surface area (Å²) in [5.41, 5.74) is -0.372. The largest absolute Gasteiger partial charge is 0.406 e. The number of hydrogen-bond donors (Lipinski definition) is 1. The Morgan fingerprint density at radius 1 is 1.19 bits per heavy atom. The van der Waals surface area contributed by atoms with Gasteiger partial charge in [0.1, 0.15) is 5.54 Å². The molecule has 0 aromatic heterocycles. The molecule has 0 spiro atoms. The molecule has 1 unspecified atom stereocenters. The average Bonchev–Trinajstić information content (AvgIpc) is 3.21. The van der Waals surface area contributed by atoms with Crippen molar-refractivity contribution in [3.05, 3.63) is 35.9 Å². The monoisotopic (exact) mass is 298 g/mol. The van der Waals surface area contributed by atoms with Gasteiger partial charge in [-0.15, -0.1) is 0 Å². The summed E-state index contributed by atoms with van der Waals surface area (Å²) in [6, 6.07) is 10.1. The van der Waals surface area contributed by atoms with Crippen LogP contribution in [0.2, 0.25) is 0 Å². The highest BCUT2D eigenvalue weighted by Crippen LogP contribution is 2.49. The van der Waals surface area contributed by atoms with Crippen LogP contribution in [0.3, 0.4) is 0 Å². The van der Waals surface area contributed by atoms with Crippen LogP contribution in [0.4, 0.5) is 13.2 Å². The molecule has 0 bridgehead atoms. The van der Waals surface area contributed by atoms with Crippen LogP contribution >= 0.6 is 0 Å². The standard InChI is InChI=1S/C16H21F3N2/c17-16(18,19)15(8-9-15)20-14-7-4-10-21(12-14)11-13-5-2-1-3-6-13/h1-3,5-6,14,20H,4,7-12H2. The molecule has 2 fully saturated rings. The predicted molar refractivity (Wildman–Crippen MR) is 75.9 cm³/mol. The van der Waals surface area contributed by atoms with Crippen LogP contribution in [0.1, 0.15) is 31.2 Å². The molecule has 3 rings (SSSR count). The molecule has 1 aromatic carbocycles. The quantitative estimate of drug-likeness (QED) is 0.917. The number of benzene rings is 1. The SMILES string of the molecule is FC(F)(F)C1(NC2CCCN(Cc3ccccc3)C2)CC1. The van der Waals surface area contributed by atoms with Crippen LogP contribution in [-0.2, 0) is 6.54 Å². The first-order valence-corrected chi connectivity index (χ1v) is 7.59. The van der Waals surface area contributed by atoms with E-state index in [9.17, 15) is 13.2 Å². The van der Waals surface area contributed by atoms with Crippen LogP contribution in [0.15, 0.2) is 30.3 Å². The number of nitrogens with one attached hydrogen (secondary N) is 1. The Bertz CT molecular complexity index is 468. The van der Waals surface area contributed by atoms with Crippen LogP contribution in [0, 0.1) is 0 Å². The summed E-state index contributed by atoms with van der Waals surface area (Å²) >= 11 is 0. The second kappa shape index (κ2) is 5.61. The Balaban J connectivity index is 1.57. The van der Waals surface area contributed by atoms with E-state index in [4.69, 9.17) is 0 Å². The van der Waals surface area contributed by atoms with Crippen molar-refractivity contribution in [1.82, 2.24) is 10.2 Å². The zero-order valence-corrected chi connectivity index (χ0v) is 12.0. The van der Waals surface area contributed by atoms with Crippen LogP contribution in [0.25, 0.3) is 0 Å². The van der Waals surface area contributed by atoms with Gasteiger partial charge in [-0.3, -0.25) is 10.2 Å². The fourth-order valence-electron chi connectivity index (χ4n) is 3.18. The molecular weight excluding hydrogens is 277 g/mol. The highest BCUT2D eigenvalue weighted by atomic mass is 19.4. The molecule has 1 heterocycles. The van der Waals surface area contributed by atoms with Crippen molar-refractivity contribution in [2.75, 3.05) is 13.1 Å². The normalized spacial score (nSPS) is 25.8. The summed E-state index contributed by atoms with van der Waals surface area (Å²) in [4.78, 5) is 2.25. The van der Waals surface area contributed by atoms with E-state index in [-0.39, 0.29) is 18.9 Å². The molecule has 1 aromatic rings. The second-order valence-corrected chi connectivity index (χ2v) is 6.28. The van der Waals surface area contributed by atoms with Gasteiger partial charge in [-0.25, -0.2) is 0 Å². The van der Waals surface area contributed by atoms with E-state index >= 15 is 0 Å². The van der Waals surface area contributed by atoms with Crippen molar-refractivity contribution in [1.29, 1.82) is 0 Å². The Morgan fingerprint density at radius 3 is 2.52 bits per heavy atom. The molecule has 1 N–H and O–H groups in total. The number of halogens is 3. The van der Waals surface area contributed by atoms with Gasteiger partial charge in [0, 0.05) is 19.1 Å². The number of hydrogen-bond acceptors (Lipinski definition) is 2. The first-order chi connectivity index (χ1) is 9.98. The fourth-order valence-corrected chi connectivity index (χ4v) is 3.18. The third-order valence-corrected chi connectivity index (χ3v) is 4.53. The third-order valence-electron chi connectivity index (χ3n) is 4.53. The van der Waals surface area contributed by atoms with E-state index < -0.39 is 11.7 Å². The molecule has 1 saturated carbocycles. The Morgan fingerprint density at radius 2 is 1.90 bits per heavy atom. The van der Waals surface area contributed by atoms with Gasteiger partial charge in [-0.05, 0) is 37.8 Å². The molecule has 1 aliphatic carbocycles. The van der Waals surface area contributed by atoms with Crippen LogP contribution in [-0.4, -0.2) is 35.7 Å². The maximum Gasteiger partial charge on any atom is 0.406 e. The van der Waals surface area contributed by atoms with E-state index in [0.29, 0.717) is 6.54 Å². The van der Waals surface area contributed by atoms with Crippen molar-refractivity contribution in [3.63, 3.8) is 0 Å². The zero-order valence-electron chi connectivity index (χ0n) is 12.0. The van der Waals surface area contributed by atoms with Crippen LogP contribution in [0.5, 0.6) is 0 Å².